The summed E-state index contributed by atoms with van der Waals surface area (Å²) in [5.41, 5.74) is 5.16. The fourth-order valence-corrected chi connectivity index (χ4v) is 6.09. The zero-order valence-corrected chi connectivity index (χ0v) is 20.4. The number of carbonyl (C=O) groups excluding carboxylic acids is 1. The molecule has 1 unspecified atom stereocenters. The topological polar surface area (TPSA) is 149 Å². The standard InChI is InChI=1S/C23H22ClFN4O6S/c24-14-4-2-13(3-5-14)10-29-18-8-15(16(25)9-19(18)36(32,33)11-17(26)21(29)31)20-27-22(35-28-20)23(12-30)6-1-7-34-23/h2-5,8-9,17,30H,1,6-7,10-12,26H2/t17-,23?/m0/s1. The molecule has 0 bridgehead atoms. The number of hydrogen-bond acceptors (Lipinski definition) is 9. The minimum Gasteiger partial charge on any atom is -0.393 e. The van der Waals surface area contributed by atoms with Gasteiger partial charge in [0.15, 0.2) is 15.4 Å². The molecule has 3 aromatic rings. The van der Waals surface area contributed by atoms with Crippen LogP contribution in [0.2, 0.25) is 5.02 Å². The highest BCUT2D eigenvalue weighted by Crippen LogP contribution is 2.39. The smallest absolute Gasteiger partial charge is 0.261 e. The molecular weight excluding hydrogens is 515 g/mol. The number of rotatable bonds is 5. The summed E-state index contributed by atoms with van der Waals surface area (Å²) in [5.74, 6) is -2.44. The minimum absolute atomic E-state index is 0.0180. The Kier molecular flexibility index (Phi) is 6.33. The molecule has 0 aliphatic carbocycles. The number of amides is 1. The fourth-order valence-electron chi connectivity index (χ4n) is 4.40. The number of aliphatic hydroxyl groups is 1. The third-order valence-electron chi connectivity index (χ3n) is 6.33. The van der Waals surface area contributed by atoms with Gasteiger partial charge in [0, 0.05) is 11.6 Å². The van der Waals surface area contributed by atoms with Crippen LogP contribution in [0.15, 0.2) is 45.8 Å². The van der Waals surface area contributed by atoms with Gasteiger partial charge in [-0.05, 0) is 42.7 Å². The summed E-state index contributed by atoms with van der Waals surface area (Å²) in [6, 6.07) is 7.33. The van der Waals surface area contributed by atoms with Crippen molar-refractivity contribution in [3.8, 4) is 11.4 Å². The highest BCUT2D eigenvalue weighted by Gasteiger charge is 2.43. The fraction of sp³-hybridized carbons (Fsp3) is 0.348. The Labute approximate surface area is 210 Å². The van der Waals surface area contributed by atoms with E-state index in [4.69, 9.17) is 26.6 Å². The second-order valence-electron chi connectivity index (χ2n) is 8.77. The molecule has 3 heterocycles. The molecule has 1 saturated heterocycles. The van der Waals surface area contributed by atoms with Gasteiger partial charge in [-0.15, -0.1) is 0 Å². The monoisotopic (exact) mass is 536 g/mol. The average molecular weight is 537 g/mol. The largest absolute Gasteiger partial charge is 0.393 e. The number of carbonyl (C=O) groups is 1. The number of aromatic nitrogens is 2. The van der Waals surface area contributed by atoms with E-state index in [-0.39, 0.29) is 34.4 Å². The van der Waals surface area contributed by atoms with Crippen molar-refractivity contribution in [3.05, 3.63) is 58.7 Å². The van der Waals surface area contributed by atoms with Gasteiger partial charge < -0.3 is 25.0 Å². The number of ether oxygens (including phenoxy) is 1. The van der Waals surface area contributed by atoms with Gasteiger partial charge >= 0.3 is 0 Å². The summed E-state index contributed by atoms with van der Waals surface area (Å²) >= 11 is 5.96. The van der Waals surface area contributed by atoms with Crippen molar-refractivity contribution < 1.29 is 32.0 Å². The van der Waals surface area contributed by atoms with E-state index < -0.39 is 45.6 Å². The summed E-state index contributed by atoms with van der Waals surface area (Å²) in [6.07, 6.45) is 1.11. The molecule has 0 saturated carbocycles. The molecular formula is C23H22ClFN4O6S. The summed E-state index contributed by atoms with van der Waals surface area (Å²) in [5, 5.41) is 14.2. The molecule has 0 spiro atoms. The third-order valence-corrected chi connectivity index (χ3v) is 8.37. The molecule has 1 amide bonds. The van der Waals surface area contributed by atoms with Crippen LogP contribution in [-0.2, 0) is 31.5 Å². The quantitative estimate of drug-likeness (QED) is 0.500. The lowest BCUT2D eigenvalue weighted by Crippen LogP contribution is -2.45. The Hall–Kier alpha value is -2.90. The molecule has 190 valence electrons. The number of benzene rings is 2. The number of fused-ring (bicyclic) bond motifs is 1. The van der Waals surface area contributed by atoms with E-state index in [1.807, 2.05) is 0 Å². The zero-order chi connectivity index (χ0) is 25.7. The lowest BCUT2D eigenvalue weighted by atomic mass is 10.0. The molecule has 1 fully saturated rings. The first kappa shape index (κ1) is 24.8. The van der Waals surface area contributed by atoms with Crippen LogP contribution >= 0.6 is 11.6 Å². The summed E-state index contributed by atoms with van der Waals surface area (Å²) in [4.78, 5) is 18.2. The van der Waals surface area contributed by atoms with Crippen molar-refractivity contribution in [2.24, 2.45) is 5.73 Å². The van der Waals surface area contributed by atoms with Crippen molar-refractivity contribution in [2.45, 2.75) is 35.9 Å². The minimum atomic E-state index is -4.10. The van der Waals surface area contributed by atoms with Crippen LogP contribution in [0.4, 0.5) is 10.1 Å². The molecule has 10 nitrogen and oxygen atoms in total. The van der Waals surface area contributed by atoms with E-state index >= 15 is 4.39 Å². The first-order valence-corrected chi connectivity index (χ1v) is 13.1. The third kappa shape index (κ3) is 4.28. The molecule has 2 aromatic carbocycles. The Morgan fingerprint density at radius 2 is 2.03 bits per heavy atom. The van der Waals surface area contributed by atoms with E-state index in [0.717, 1.165) is 6.07 Å². The molecule has 36 heavy (non-hydrogen) atoms. The highest BCUT2D eigenvalue weighted by molar-refractivity contribution is 7.91. The molecule has 1 aromatic heterocycles. The Morgan fingerprint density at radius 3 is 2.69 bits per heavy atom. The number of nitrogens with two attached hydrogens (primary N) is 1. The molecule has 2 aliphatic heterocycles. The summed E-state index contributed by atoms with van der Waals surface area (Å²) in [7, 11) is -4.10. The summed E-state index contributed by atoms with van der Waals surface area (Å²) in [6.45, 7) is -0.0393. The van der Waals surface area contributed by atoms with Gasteiger partial charge in [0.25, 0.3) is 5.89 Å². The predicted molar refractivity (Wildman–Crippen MR) is 126 cm³/mol. The van der Waals surface area contributed by atoms with Crippen molar-refractivity contribution in [3.63, 3.8) is 0 Å². The number of aliphatic hydroxyl groups excluding tert-OH is 1. The number of anilines is 1. The second kappa shape index (κ2) is 9.20. The van der Waals surface area contributed by atoms with Crippen LogP contribution in [-0.4, -0.2) is 54.6 Å². The van der Waals surface area contributed by atoms with E-state index in [9.17, 15) is 18.3 Å². The highest BCUT2D eigenvalue weighted by atomic mass is 35.5. The predicted octanol–water partition coefficient (Wildman–Crippen LogP) is 2.17. The maximum Gasteiger partial charge on any atom is 0.261 e. The van der Waals surface area contributed by atoms with E-state index in [2.05, 4.69) is 10.1 Å². The molecule has 3 N–H and O–H groups in total. The lowest BCUT2D eigenvalue weighted by Gasteiger charge is -2.24. The van der Waals surface area contributed by atoms with Gasteiger partial charge in [-0.1, -0.05) is 28.9 Å². The Bertz CT molecular complexity index is 1420. The van der Waals surface area contributed by atoms with E-state index in [1.165, 1.54) is 11.0 Å². The van der Waals surface area contributed by atoms with Crippen LogP contribution in [0, 0.1) is 5.82 Å². The Balaban J connectivity index is 1.63. The molecule has 2 atom stereocenters. The van der Waals surface area contributed by atoms with E-state index in [0.29, 0.717) is 30.0 Å². The maximum atomic E-state index is 15.3. The van der Waals surface area contributed by atoms with Crippen LogP contribution < -0.4 is 10.6 Å². The van der Waals surface area contributed by atoms with Crippen LogP contribution in [0.25, 0.3) is 11.4 Å². The van der Waals surface area contributed by atoms with Crippen molar-refractivity contribution >= 4 is 33.0 Å². The first-order valence-electron chi connectivity index (χ1n) is 11.1. The molecule has 5 rings (SSSR count). The van der Waals surface area contributed by atoms with Crippen LogP contribution in [0.3, 0.4) is 0 Å². The van der Waals surface area contributed by atoms with Gasteiger partial charge in [0.2, 0.25) is 11.7 Å². The van der Waals surface area contributed by atoms with Gasteiger partial charge in [-0.25, -0.2) is 12.8 Å². The SMILES string of the molecule is N[C@H]1CS(=O)(=O)c2cc(F)c(-c3noc(C4(CO)CCCO4)n3)cc2N(Cc2ccc(Cl)cc2)C1=O. The number of hydrogen-bond donors (Lipinski definition) is 2. The Morgan fingerprint density at radius 1 is 1.28 bits per heavy atom. The van der Waals surface area contributed by atoms with Gasteiger partial charge in [-0.2, -0.15) is 4.98 Å². The van der Waals surface area contributed by atoms with Gasteiger partial charge in [0.05, 0.1) is 41.1 Å². The van der Waals surface area contributed by atoms with Crippen LogP contribution in [0.5, 0.6) is 0 Å². The normalized spacial score (nSPS) is 23.5. The van der Waals surface area contributed by atoms with E-state index in [1.54, 1.807) is 24.3 Å². The van der Waals surface area contributed by atoms with Crippen molar-refractivity contribution in [1.82, 2.24) is 10.1 Å². The average Bonchev–Trinajstić information content (AvgIpc) is 3.52. The van der Waals surface area contributed by atoms with Crippen molar-refractivity contribution in [1.29, 1.82) is 0 Å². The number of nitrogens with zero attached hydrogens (tertiary/aromatic N) is 3. The van der Waals surface area contributed by atoms with Gasteiger partial charge in [-0.3, -0.25) is 4.79 Å². The summed E-state index contributed by atoms with van der Waals surface area (Å²) < 4.78 is 52.2. The number of halogens is 2. The first-order chi connectivity index (χ1) is 17.1. The number of sulfone groups is 1. The molecule has 2 aliphatic rings. The maximum absolute atomic E-state index is 15.3. The second-order valence-corrected chi connectivity index (χ2v) is 11.2. The molecule has 13 heteroatoms. The molecule has 0 radical (unpaired) electrons. The van der Waals surface area contributed by atoms with Crippen LogP contribution in [0.1, 0.15) is 24.3 Å². The zero-order valence-electron chi connectivity index (χ0n) is 18.9. The van der Waals surface area contributed by atoms with Gasteiger partial charge in [0.1, 0.15) is 5.82 Å². The lowest BCUT2D eigenvalue weighted by molar-refractivity contribution is -0.119. The van der Waals surface area contributed by atoms with Crippen molar-refractivity contribution in [2.75, 3.05) is 23.9 Å².